The van der Waals surface area contributed by atoms with Crippen LogP contribution in [0.5, 0.6) is 0 Å². The molecule has 0 atom stereocenters. The molecule has 1 aromatic heterocycles. The van der Waals surface area contributed by atoms with Crippen molar-refractivity contribution in [1.29, 1.82) is 0 Å². The zero-order valence-corrected chi connectivity index (χ0v) is 11.0. The predicted octanol–water partition coefficient (Wildman–Crippen LogP) is 2.34. The Hall–Kier alpha value is -0.0300. The Morgan fingerprint density at radius 2 is 2.33 bits per heavy atom. The Morgan fingerprint density at radius 3 is 2.93 bits per heavy atom. The Labute approximate surface area is 100 Å². The standard InChI is InChI=1S/C11H19NOS2/c1-11(2,13)9-15-6-4-12-7-10-3-5-14-8-10/h3,5,8,12-13H,4,6-7,9H2,1-2H3. The molecule has 0 spiro atoms. The average Bonchev–Trinajstić information content (AvgIpc) is 2.61. The minimum Gasteiger partial charge on any atom is -0.390 e. The molecule has 0 saturated carbocycles. The highest BCUT2D eigenvalue weighted by molar-refractivity contribution is 7.99. The Bertz CT molecular complexity index is 254. The van der Waals surface area contributed by atoms with Gasteiger partial charge in [0.15, 0.2) is 0 Å². The van der Waals surface area contributed by atoms with Crippen LogP contribution >= 0.6 is 23.1 Å². The molecular formula is C11H19NOS2. The highest BCUT2D eigenvalue weighted by Crippen LogP contribution is 2.11. The van der Waals surface area contributed by atoms with Gasteiger partial charge in [-0.2, -0.15) is 23.1 Å². The Balaban J connectivity index is 1.94. The number of thioether (sulfide) groups is 1. The first-order valence-corrected chi connectivity index (χ1v) is 7.19. The third kappa shape index (κ3) is 6.95. The molecule has 1 heterocycles. The third-order valence-corrected chi connectivity index (χ3v) is 3.92. The molecule has 0 aliphatic carbocycles. The fourth-order valence-corrected chi connectivity index (χ4v) is 2.69. The summed E-state index contributed by atoms with van der Waals surface area (Å²) in [7, 11) is 0. The summed E-state index contributed by atoms with van der Waals surface area (Å²) in [5.41, 5.74) is 0.811. The van der Waals surface area contributed by atoms with Crippen LogP contribution in [0.3, 0.4) is 0 Å². The van der Waals surface area contributed by atoms with Gasteiger partial charge in [0, 0.05) is 24.6 Å². The van der Waals surface area contributed by atoms with Crippen molar-refractivity contribution >= 4 is 23.1 Å². The quantitative estimate of drug-likeness (QED) is 0.723. The highest BCUT2D eigenvalue weighted by atomic mass is 32.2. The summed E-state index contributed by atoms with van der Waals surface area (Å²) in [6.07, 6.45) is 0. The van der Waals surface area contributed by atoms with Crippen molar-refractivity contribution in [2.75, 3.05) is 18.1 Å². The van der Waals surface area contributed by atoms with Gasteiger partial charge in [0.2, 0.25) is 0 Å². The number of rotatable bonds is 7. The maximum absolute atomic E-state index is 9.48. The molecule has 0 unspecified atom stereocenters. The van der Waals surface area contributed by atoms with Gasteiger partial charge in [-0.15, -0.1) is 0 Å². The van der Waals surface area contributed by atoms with Crippen molar-refractivity contribution in [2.24, 2.45) is 0 Å². The van der Waals surface area contributed by atoms with Crippen molar-refractivity contribution in [2.45, 2.75) is 26.0 Å². The molecule has 0 fully saturated rings. The first-order chi connectivity index (χ1) is 7.08. The van der Waals surface area contributed by atoms with E-state index >= 15 is 0 Å². The molecule has 0 saturated heterocycles. The molecule has 0 bridgehead atoms. The van der Waals surface area contributed by atoms with Crippen molar-refractivity contribution in [1.82, 2.24) is 5.32 Å². The molecule has 0 aromatic carbocycles. The van der Waals surface area contributed by atoms with Crippen molar-refractivity contribution in [3.05, 3.63) is 22.4 Å². The zero-order chi connectivity index (χ0) is 11.1. The molecule has 86 valence electrons. The fraction of sp³-hybridized carbons (Fsp3) is 0.636. The molecule has 0 radical (unpaired) electrons. The summed E-state index contributed by atoms with van der Waals surface area (Å²) < 4.78 is 0. The van der Waals surface area contributed by atoms with Crippen LogP contribution in [0.15, 0.2) is 16.8 Å². The largest absolute Gasteiger partial charge is 0.390 e. The second kappa shape index (κ2) is 6.53. The molecule has 0 aliphatic heterocycles. The number of thiophene rings is 1. The second-order valence-corrected chi connectivity index (χ2v) is 6.06. The molecule has 2 N–H and O–H groups in total. The van der Waals surface area contributed by atoms with E-state index in [9.17, 15) is 5.11 Å². The summed E-state index contributed by atoms with van der Waals surface area (Å²) in [5.74, 6) is 1.85. The zero-order valence-electron chi connectivity index (χ0n) is 9.32. The van der Waals surface area contributed by atoms with Crippen LogP contribution in [-0.2, 0) is 6.54 Å². The van der Waals surface area contributed by atoms with E-state index in [2.05, 4.69) is 22.1 Å². The summed E-state index contributed by atoms with van der Waals surface area (Å²) in [6, 6.07) is 2.14. The number of hydrogen-bond donors (Lipinski definition) is 2. The number of hydrogen-bond acceptors (Lipinski definition) is 4. The second-order valence-electron chi connectivity index (χ2n) is 4.17. The lowest BCUT2D eigenvalue weighted by atomic mass is 10.2. The van der Waals surface area contributed by atoms with E-state index < -0.39 is 5.60 Å². The van der Waals surface area contributed by atoms with E-state index in [1.54, 1.807) is 23.1 Å². The van der Waals surface area contributed by atoms with Crippen LogP contribution in [0.2, 0.25) is 0 Å². The predicted molar refractivity (Wildman–Crippen MR) is 69.6 cm³/mol. The van der Waals surface area contributed by atoms with Gasteiger partial charge in [-0.3, -0.25) is 0 Å². The lowest BCUT2D eigenvalue weighted by Gasteiger charge is -2.15. The van der Waals surface area contributed by atoms with Crippen molar-refractivity contribution in [3.8, 4) is 0 Å². The molecule has 0 aliphatic rings. The topological polar surface area (TPSA) is 32.3 Å². The van der Waals surface area contributed by atoms with Gasteiger partial charge in [0.05, 0.1) is 5.60 Å². The van der Waals surface area contributed by atoms with Crippen molar-refractivity contribution in [3.63, 3.8) is 0 Å². The van der Waals surface area contributed by atoms with Crippen LogP contribution in [0, 0.1) is 0 Å². The van der Waals surface area contributed by atoms with Gasteiger partial charge < -0.3 is 10.4 Å². The molecule has 1 aromatic rings. The van der Waals surface area contributed by atoms with Gasteiger partial charge in [-0.1, -0.05) is 0 Å². The minimum absolute atomic E-state index is 0.544. The van der Waals surface area contributed by atoms with E-state index in [1.165, 1.54) is 5.56 Å². The monoisotopic (exact) mass is 245 g/mol. The smallest absolute Gasteiger partial charge is 0.0681 e. The summed E-state index contributed by atoms with van der Waals surface area (Å²) in [4.78, 5) is 0. The summed E-state index contributed by atoms with van der Waals surface area (Å²) >= 11 is 3.52. The number of aliphatic hydroxyl groups is 1. The van der Waals surface area contributed by atoms with Gasteiger partial charge in [-0.05, 0) is 36.2 Å². The summed E-state index contributed by atoms with van der Waals surface area (Å²) in [5, 5.41) is 17.1. The molecule has 0 amide bonds. The van der Waals surface area contributed by atoms with Gasteiger partial charge in [0.1, 0.15) is 0 Å². The van der Waals surface area contributed by atoms with E-state index in [0.29, 0.717) is 0 Å². The molecule has 2 nitrogen and oxygen atoms in total. The lowest BCUT2D eigenvalue weighted by molar-refractivity contribution is 0.107. The first-order valence-electron chi connectivity index (χ1n) is 5.10. The van der Waals surface area contributed by atoms with E-state index in [0.717, 1.165) is 24.6 Å². The SMILES string of the molecule is CC(C)(O)CSCCNCc1ccsc1. The molecule has 1 rings (SSSR count). The maximum Gasteiger partial charge on any atom is 0.0681 e. The van der Waals surface area contributed by atoms with Gasteiger partial charge in [-0.25, -0.2) is 0 Å². The van der Waals surface area contributed by atoms with E-state index in [1.807, 2.05) is 13.8 Å². The third-order valence-electron chi connectivity index (χ3n) is 1.79. The van der Waals surface area contributed by atoms with Gasteiger partial charge in [0.25, 0.3) is 0 Å². The van der Waals surface area contributed by atoms with Gasteiger partial charge >= 0.3 is 0 Å². The first kappa shape index (κ1) is 13.0. The Morgan fingerprint density at radius 1 is 1.53 bits per heavy atom. The van der Waals surface area contributed by atoms with Crippen LogP contribution in [-0.4, -0.2) is 28.8 Å². The average molecular weight is 245 g/mol. The maximum atomic E-state index is 9.48. The molecule has 15 heavy (non-hydrogen) atoms. The lowest BCUT2D eigenvalue weighted by Crippen LogP contribution is -2.23. The fourth-order valence-electron chi connectivity index (χ4n) is 1.09. The Kier molecular flexibility index (Phi) is 5.68. The van der Waals surface area contributed by atoms with Crippen molar-refractivity contribution < 1.29 is 5.11 Å². The van der Waals surface area contributed by atoms with E-state index in [-0.39, 0.29) is 0 Å². The van der Waals surface area contributed by atoms with Crippen LogP contribution in [0.25, 0.3) is 0 Å². The molecular weight excluding hydrogens is 226 g/mol. The van der Waals surface area contributed by atoms with E-state index in [4.69, 9.17) is 0 Å². The highest BCUT2D eigenvalue weighted by Gasteiger charge is 2.11. The number of nitrogens with one attached hydrogen (secondary N) is 1. The molecule has 4 heteroatoms. The summed E-state index contributed by atoms with van der Waals surface area (Å²) in [6.45, 7) is 5.64. The normalized spacial score (nSPS) is 11.9. The van der Waals surface area contributed by atoms with Crippen LogP contribution in [0.4, 0.5) is 0 Å². The minimum atomic E-state index is -0.544. The van der Waals surface area contributed by atoms with Crippen LogP contribution < -0.4 is 5.32 Å². The van der Waals surface area contributed by atoms with Crippen LogP contribution in [0.1, 0.15) is 19.4 Å².